The zero-order valence-corrected chi connectivity index (χ0v) is 12.7. The Hall–Kier alpha value is -1.66. The average molecular weight is 308 g/mol. The highest BCUT2D eigenvalue weighted by Gasteiger charge is 2.25. The molecule has 6 heteroatoms. The van der Waals surface area contributed by atoms with E-state index in [4.69, 9.17) is 4.74 Å². The zero-order chi connectivity index (χ0) is 15.1. The molecule has 0 aliphatic carbocycles. The molecule has 1 aromatic rings. The summed E-state index contributed by atoms with van der Waals surface area (Å²) in [6.07, 6.45) is 3.17. The van der Waals surface area contributed by atoms with Crippen LogP contribution in [-0.4, -0.2) is 31.0 Å². The van der Waals surface area contributed by atoms with Crippen molar-refractivity contribution in [2.75, 3.05) is 13.2 Å². The highest BCUT2D eigenvalue weighted by Crippen LogP contribution is 2.30. The predicted molar refractivity (Wildman–Crippen MR) is 82.0 cm³/mol. The van der Waals surface area contributed by atoms with Crippen LogP contribution < -0.4 is 10.6 Å². The van der Waals surface area contributed by atoms with E-state index in [0.29, 0.717) is 13.2 Å². The molecule has 2 amide bonds. The van der Waals surface area contributed by atoms with Gasteiger partial charge in [0.25, 0.3) is 0 Å². The van der Waals surface area contributed by atoms with E-state index in [2.05, 4.69) is 23.3 Å². The molecular formula is C15H20N2O3S. The lowest BCUT2D eigenvalue weighted by Crippen LogP contribution is -2.40. The molecule has 0 aromatic carbocycles. The van der Waals surface area contributed by atoms with Crippen LogP contribution in [0.4, 0.5) is 0 Å². The van der Waals surface area contributed by atoms with Crippen molar-refractivity contribution in [3.8, 4) is 0 Å². The van der Waals surface area contributed by atoms with E-state index in [1.165, 1.54) is 11.0 Å². The van der Waals surface area contributed by atoms with Gasteiger partial charge in [0.2, 0.25) is 11.8 Å². The number of hydrogen-bond donors (Lipinski definition) is 2. The molecule has 1 aliphatic heterocycles. The van der Waals surface area contributed by atoms with Crippen molar-refractivity contribution in [3.05, 3.63) is 35.0 Å². The highest BCUT2D eigenvalue weighted by atomic mass is 32.1. The Balaban J connectivity index is 1.73. The summed E-state index contributed by atoms with van der Waals surface area (Å²) < 4.78 is 5.75. The Labute approximate surface area is 128 Å². The lowest BCUT2D eigenvalue weighted by atomic mass is 10.0. The first-order valence-electron chi connectivity index (χ1n) is 7.03. The van der Waals surface area contributed by atoms with Crippen molar-refractivity contribution < 1.29 is 14.3 Å². The SMILES string of the molecule is C=CC(=O)NCCC(=O)N[C@@H]1CCO[C@@H](c2cccs2)C1. The number of carbonyl (C=O) groups is 2. The van der Waals surface area contributed by atoms with Crippen LogP contribution in [0.25, 0.3) is 0 Å². The van der Waals surface area contributed by atoms with E-state index in [0.717, 1.165) is 12.8 Å². The van der Waals surface area contributed by atoms with Gasteiger partial charge in [-0.2, -0.15) is 0 Å². The third-order valence-corrected chi connectivity index (χ3v) is 4.31. The Kier molecular flexibility index (Phi) is 5.95. The molecule has 1 aromatic heterocycles. The van der Waals surface area contributed by atoms with Crippen LogP contribution in [-0.2, 0) is 14.3 Å². The molecule has 0 radical (unpaired) electrons. The van der Waals surface area contributed by atoms with Crippen LogP contribution in [0.2, 0.25) is 0 Å². The number of rotatable bonds is 6. The quantitative estimate of drug-likeness (QED) is 0.787. The molecule has 2 atom stereocenters. The van der Waals surface area contributed by atoms with Gasteiger partial charge in [-0.1, -0.05) is 12.6 Å². The molecule has 0 spiro atoms. The third-order valence-electron chi connectivity index (χ3n) is 3.35. The summed E-state index contributed by atoms with van der Waals surface area (Å²) in [4.78, 5) is 24.0. The fraction of sp³-hybridized carbons (Fsp3) is 0.467. The molecule has 5 nitrogen and oxygen atoms in total. The Morgan fingerprint density at radius 3 is 3.10 bits per heavy atom. The van der Waals surface area contributed by atoms with Crippen LogP contribution >= 0.6 is 11.3 Å². The van der Waals surface area contributed by atoms with Crippen LogP contribution in [0, 0.1) is 0 Å². The van der Waals surface area contributed by atoms with Gasteiger partial charge in [-0.15, -0.1) is 11.3 Å². The van der Waals surface area contributed by atoms with Gasteiger partial charge in [0.15, 0.2) is 0 Å². The topological polar surface area (TPSA) is 67.4 Å². The summed E-state index contributed by atoms with van der Waals surface area (Å²) in [5.74, 6) is -0.303. The molecule has 0 saturated carbocycles. The summed E-state index contributed by atoms with van der Waals surface area (Å²) >= 11 is 1.68. The lowest BCUT2D eigenvalue weighted by molar-refractivity contribution is -0.123. The Morgan fingerprint density at radius 2 is 2.38 bits per heavy atom. The number of carbonyl (C=O) groups excluding carboxylic acids is 2. The minimum absolute atomic E-state index is 0.0452. The van der Waals surface area contributed by atoms with Crippen molar-refractivity contribution >= 4 is 23.2 Å². The second kappa shape index (κ2) is 7.95. The molecule has 2 heterocycles. The van der Waals surface area contributed by atoms with Crippen LogP contribution in [0.15, 0.2) is 30.2 Å². The lowest BCUT2D eigenvalue weighted by Gasteiger charge is -2.29. The van der Waals surface area contributed by atoms with Gasteiger partial charge in [0.05, 0.1) is 6.10 Å². The minimum atomic E-state index is -0.258. The van der Waals surface area contributed by atoms with Gasteiger partial charge in [0.1, 0.15) is 0 Å². The van der Waals surface area contributed by atoms with E-state index in [1.54, 1.807) is 11.3 Å². The van der Waals surface area contributed by atoms with E-state index >= 15 is 0 Å². The van der Waals surface area contributed by atoms with Gasteiger partial charge in [-0.05, 0) is 30.4 Å². The first-order valence-corrected chi connectivity index (χ1v) is 7.91. The van der Waals surface area contributed by atoms with E-state index < -0.39 is 0 Å². The molecular weight excluding hydrogens is 288 g/mol. The molecule has 2 N–H and O–H groups in total. The number of nitrogens with one attached hydrogen (secondary N) is 2. The Morgan fingerprint density at radius 1 is 1.52 bits per heavy atom. The standard InChI is InChI=1S/C15H20N2O3S/c1-2-14(18)16-7-5-15(19)17-11-6-8-20-12(10-11)13-4-3-9-21-13/h2-4,9,11-12H,1,5-8,10H2,(H,16,18)(H,17,19)/t11-,12-/m1/s1. The smallest absolute Gasteiger partial charge is 0.243 e. The number of ether oxygens (including phenoxy) is 1. The van der Waals surface area contributed by atoms with E-state index in [-0.39, 0.29) is 30.4 Å². The molecule has 21 heavy (non-hydrogen) atoms. The Bertz CT molecular complexity index is 487. The molecule has 1 fully saturated rings. The van der Waals surface area contributed by atoms with Gasteiger partial charge in [-0.3, -0.25) is 9.59 Å². The first-order chi connectivity index (χ1) is 10.2. The maximum absolute atomic E-state index is 11.8. The molecule has 1 aliphatic rings. The maximum atomic E-state index is 11.8. The van der Waals surface area contributed by atoms with Crippen molar-refractivity contribution in [3.63, 3.8) is 0 Å². The van der Waals surface area contributed by atoms with Crippen molar-refractivity contribution in [1.29, 1.82) is 0 Å². The fourth-order valence-electron chi connectivity index (χ4n) is 2.27. The van der Waals surface area contributed by atoms with Crippen molar-refractivity contribution in [2.45, 2.75) is 31.4 Å². The largest absolute Gasteiger partial charge is 0.373 e. The monoisotopic (exact) mass is 308 g/mol. The fourth-order valence-corrected chi connectivity index (χ4v) is 3.06. The van der Waals surface area contributed by atoms with Crippen molar-refractivity contribution in [2.24, 2.45) is 0 Å². The molecule has 2 rings (SSSR count). The van der Waals surface area contributed by atoms with E-state index in [1.807, 2.05) is 11.4 Å². The van der Waals surface area contributed by atoms with Gasteiger partial charge in [-0.25, -0.2) is 0 Å². The van der Waals surface area contributed by atoms with Gasteiger partial charge >= 0.3 is 0 Å². The molecule has 114 valence electrons. The number of thiophene rings is 1. The highest BCUT2D eigenvalue weighted by molar-refractivity contribution is 7.10. The summed E-state index contributed by atoms with van der Waals surface area (Å²) in [5, 5.41) is 7.63. The number of hydrogen-bond acceptors (Lipinski definition) is 4. The average Bonchev–Trinajstić information content (AvgIpc) is 3.01. The molecule has 1 saturated heterocycles. The normalized spacial score (nSPS) is 21.5. The molecule has 0 unspecified atom stereocenters. The van der Waals surface area contributed by atoms with Crippen LogP contribution in [0.5, 0.6) is 0 Å². The minimum Gasteiger partial charge on any atom is -0.373 e. The zero-order valence-electron chi connectivity index (χ0n) is 11.8. The second-order valence-electron chi connectivity index (χ2n) is 4.91. The van der Waals surface area contributed by atoms with Gasteiger partial charge in [0, 0.05) is 30.5 Å². The van der Waals surface area contributed by atoms with E-state index in [9.17, 15) is 9.59 Å². The maximum Gasteiger partial charge on any atom is 0.243 e. The molecule has 0 bridgehead atoms. The second-order valence-corrected chi connectivity index (χ2v) is 5.89. The predicted octanol–water partition coefficient (Wildman–Crippen LogP) is 1.78. The third kappa shape index (κ3) is 4.99. The van der Waals surface area contributed by atoms with Gasteiger partial charge < -0.3 is 15.4 Å². The summed E-state index contributed by atoms with van der Waals surface area (Å²) in [7, 11) is 0. The summed E-state index contributed by atoms with van der Waals surface area (Å²) in [6, 6.07) is 4.20. The number of amides is 2. The van der Waals surface area contributed by atoms with Crippen LogP contribution in [0.3, 0.4) is 0 Å². The summed E-state index contributed by atoms with van der Waals surface area (Å²) in [5.41, 5.74) is 0. The van der Waals surface area contributed by atoms with Crippen molar-refractivity contribution in [1.82, 2.24) is 10.6 Å². The first kappa shape index (κ1) is 15.7. The summed E-state index contributed by atoms with van der Waals surface area (Å²) in [6.45, 7) is 4.34. The van der Waals surface area contributed by atoms with Crippen LogP contribution in [0.1, 0.15) is 30.2 Å².